The number of nitrogens with zero attached hydrogens (tertiary/aromatic N) is 1. The van der Waals surface area contributed by atoms with Crippen molar-refractivity contribution in [2.75, 3.05) is 27.2 Å². The van der Waals surface area contributed by atoms with Crippen LogP contribution in [0.25, 0.3) is 0 Å². The van der Waals surface area contributed by atoms with Crippen molar-refractivity contribution in [2.24, 2.45) is 0 Å². The van der Waals surface area contributed by atoms with Crippen molar-refractivity contribution in [2.45, 2.75) is 38.1 Å². The molecule has 1 atom stereocenters. The molecular weight excluding hydrogens is 220 g/mol. The summed E-state index contributed by atoms with van der Waals surface area (Å²) in [6.07, 6.45) is 6.44. The topological polar surface area (TPSA) is 15.3 Å². The Balaban J connectivity index is 1.77. The number of hydrogen-bond acceptors (Lipinski definition) is 2. The van der Waals surface area contributed by atoms with Crippen LogP contribution >= 0.6 is 0 Å². The highest BCUT2D eigenvalue weighted by Crippen LogP contribution is 2.29. The molecule has 1 unspecified atom stereocenters. The van der Waals surface area contributed by atoms with Crippen LogP contribution in [0.2, 0.25) is 0 Å². The summed E-state index contributed by atoms with van der Waals surface area (Å²) in [7, 11) is 4.29. The van der Waals surface area contributed by atoms with Crippen molar-refractivity contribution in [3.63, 3.8) is 0 Å². The third-order valence-corrected chi connectivity index (χ3v) is 3.79. The molecule has 0 spiro atoms. The Bertz CT molecular complexity index is 360. The fraction of sp³-hybridized carbons (Fsp3) is 0.625. The van der Waals surface area contributed by atoms with Gasteiger partial charge in [-0.1, -0.05) is 24.3 Å². The van der Waals surface area contributed by atoms with E-state index in [1.807, 2.05) is 0 Å². The summed E-state index contributed by atoms with van der Waals surface area (Å²) in [4.78, 5) is 2.26. The molecule has 1 N–H and O–H groups in total. The number of nitrogens with one attached hydrogen (secondary N) is 1. The Morgan fingerprint density at radius 3 is 2.89 bits per heavy atom. The first-order chi connectivity index (χ1) is 8.77. The van der Waals surface area contributed by atoms with Crippen LogP contribution in [-0.2, 0) is 6.42 Å². The lowest BCUT2D eigenvalue weighted by molar-refractivity contribution is 0.383. The van der Waals surface area contributed by atoms with Gasteiger partial charge in [-0.2, -0.15) is 0 Å². The molecule has 0 heterocycles. The summed E-state index contributed by atoms with van der Waals surface area (Å²) in [6.45, 7) is 2.34. The highest BCUT2D eigenvalue weighted by Gasteiger charge is 2.18. The van der Waals surface area contributed by atoms with E-state index in [9.17, 15) is 0 Å². The fourth-order valence-electron chi connectivity index (χ4n) is 2.80. The molecule has 2 nitrogen and oxygen atoms in total. The lowest BCUT2D eigenvalue weighted by atomic mass is 9.88. The molecule has 0 bridgehead atoms. The maximum Gasteiger partial charge on any atom is 0.0323 e. The van der Waals surface area contributed by atoms with Gasteiger partial charge in [0.15, 0.2) is 0 Å². The summed E-state index contributed by atoms with van der Waals surface area (Å²) in [5, 5.41) is 3.73. The highest BCUT2D eigenvalue weighted by molar-refractivity contribution is 5.32. The van der Waals surface area contributed by atoms with Gasteiger partial charge in [-0.15, -0.1) is 0 Å². The molecule has 0 aliphatic heterocycles. The van der Waals surface area contributed by atoms with Gasteiger partial charge in [0.2, 0.25) is 0 Å². The molecule has 0 fully saturated rings. The summed E-state index contributed by atoms with van der Waals surface area (Å²) >= 11 is 0. The average Bonchev–Trinajstić information content (AvgIpc) is 2.38. The third kappa shape index (κ3) is 3.82. The average molecular weight is 246 g/mol. The van der Waals surface area contributed by atoms with Crippen LogP contribution in [0.4, 0.5) is 0 Å². The van der Waals surface area contributed by atoms with E-state index in [0.717, 1.165) is 6.54 Å². The van der Waals surface area contributed by atoms with Crippen LogP contribution in [-0.4, -0.2) is 32.1 Å². The molecule has 0 radical (unpaired) electrons. The Hall–Kier alpha value is -0.860. The zero-order valence-electron chi connectivity index (χ0n) is 11.8. The second-order valence-corrected chi connectivity index (χ2v) is 5.61. The van der Waals surface area contributed by atoms with Gasteiger partial charge in [-0.3, -0.25) is 0 Å². The van der Waals surface area contributed by atoms with E-state index in [1.54, 1.807) is 5.56 Å². The van der Waals surface area contributed by atoms with E-state index in [0.29, 0.717) is 6.04 Å². The van der Waals surface area contributed by atoms with E-state index in [1.165, 1.54) is 44.2 Å². The van der Waals surface area contributed by atoms with Crippen molar-refractivity contribution in [1.82, 2.24) is 10.2 Å². The smallest absolute Gasteiger partial charge is 0.0323 e. The van der Waals surface area contributed by atoms with Gasteiger partial charge in [-0.25, -0.2) is 0 Å². The van der Waals surface area contributed by atoms with Gasteiger partial charge in [0.1, 0.15) is 0 Å². The van der Waals surface area contributed by atoms with E-state index in [-0.39, 0.29) is 0 Å². The molecule has 1 aromatic rings. The van der Waals surface area contributed by atoms with Crippen molar-refractivity contribution >= 4 is 0 Å². The molecule has 1 aromatic carbocycles. The van der Waals surface area contributed by atoms with Crippen LogP contribution in [0, 0.1) is 0 Å². The second kappa shape index (κ2) is 6.91. The van der Waals surface area contributed by atoms with Crippen molar-refractivity contribution in [1.29, 1.82) is 0 Å². The number of fused-ring (bicyclic) bond motifs is 1. The lowest BCUT2D eigenvalue weighted by Crippen LogP contribution is -2.26. The van der Waals surface area contributed by atoms with E-state index < -0.39 is 0 Å². The van der Waals surface area contributed by atoms with E-state index in [2.05, 4.69) is 48.6 Å². The van der Waals surface area contributed by atoms with Gasteiger partial charge in [0.25, 0.3) is 0 Å². The molecule has 1 aliphatic rings. The van der Waals surface area contributed by atoms with Crippen LogP contribution < -0.4 is 5.32 Å². The molecule has 2 rings (SSSR count). The Morgan fingerprint density at radius 2 is 2.06 bits per heavy atom. The predicted molar refractivity (Wildman–Crippen MR) is 77.9 cm³/mol. The molecule has 0 aromatic heterocycles. The summed E-state index contributed by atoms with van der Waals surface area (Å²) < 4.78 is 0. The van der Waals surface area contributed by atoms with Gasteiger partial charge >= 0.3 is 0 Å². The minimum Gasteiger partial charge on any atom is -0.310 e. The summed E-state index contributed by atoms with van der Waals surface area (Å²) in [6, 6.07) is 9.51. The first kappa shape index (κ1) is 13.6. The molecular formula is C16H26N2. The van der Waals surface area contributed by atoms with Gasteiger partial charge < -0.3 is 10.2 Å². The Morgan fingerprint density at radius 1 is 1.22 bits per heavy atom. The zero-order valence-corrected chi connectivity index (χ0v) is 11.8. The lowest BCUT2D eigenvalue weighted by Gasteiger charge is -2.26. The number of rotatable bonds is 6. The monoisotopic (exact) mass is 246 g/mol. The number of aryl methyl sites for hydroxylation is 1. The van der Waals surface area contributed by atoms with Crippen LogP contribution in [0.5, 0.6) is 0 Å². The van der Waals surface area contributed by atoms with Crippen molar-refractivity contribution in [3.8, 4) is 0 Å². The molecule has 0 saturated carbocycles. The maximum atomic E-state index is 3.73. The minimum absolute atomic E-state index is 0.592. The molecule has 0 amide bonds. The first-order valence-electron chi connectivity index (χ1n) is 7.23. The maximum absolute atomic E-state index is 3.73. The molecule has 1 aliphatic carbocycles. The largest absolute Gasteiger partial charge is 0.310 e. The molecule has 18 heavy (non-hydrogen) atoms. The van der Waals surface area contributed by atoms with Crippen LogP contribution in [0.3, 0.4) is 0 Å². The van der Waals surface area contributed by atoms with Gasteiger partial charge in [0.05, 0.1) is 0 Å². The third-order valence-electron chi connectivity index (χ3n) is 3.79. The normalized spacial score (nSPS) is 18.9. The SMILES string of the molecule is CN(C)CCCCNC1CCCc2ccccc21. The summed E-state index contributed by atoms with van der Waals surface area (Å²) in [5.74, 6) is 0. The predicted octanol–water partition coefficient (Wildman–Crippen LogP) is 3.00. The van der Waals surface area contributed by atoms with Crippen molar-refractivity contribution < 1.29 is 0 Å². The molecule has 0 saturated heterocycles. The standard InChI is InChI=1S/C16H26N2/c1-18(2)13-6-5-12-17-16-11-7-9-14-8-3-4-10-15(14)16/h3-4,8,10,16-17H,5-7,9,11-13H2,1-2H3. The number of hydrogen-bond donors (Lipinski definition) is 1. The minimum atomic E-state index is 0.592. The molecule has 2 heteroatoms. The Labute approximate surface area is 111 Å². The van der Waals surface area contributed by atoms with Crippen molar-refractivity contribution in [3.05, 3.63) is 35.4 Å². The molecule has 100 valence electrons. The number of benzene rings is 1. The second-order valence-electron chi connectivity index (χ2n) is 5.61. The van der Waals surface area contributed by atoms with Crippen LogP contribution in [0.1, 0.15) is 42.9 Å². The fourth-order valence-corrected chi connectivity index (χ4v) is 2.80. The van der Waals surface area contributed by atoms with Gasteiger partial charge in [0, 0.05) is 6.04 Å². The zero-order chi connectivity index (χ0) is 12.8. The van der Waals surface area contributed by atoms with Crippen LogP contribution in [0.15, 0.2) is 24.3 Å². The number of unbranched alkanes of at least 4 members (excludes halogenated alkanes) is 1. The van der Waals surface area contributed by atoms with E-state index in [4.69, 9.17) is 0 Å². The summed E-state index contributed by atoms with van der Waals surface area (Å²) in [5.41, 5.74) is 3.09. The highest BCUT2D eigenvalue weighted by atomic mass is 15.0. The van der Waals surface area contributed by atoms with Gasteiger partial charge in [-0.05, 0) is 70.4 Å². The quantitative estimate of drug-likeness (QED) is 0.776. The van der Waals surface area contributed by atoms with E-state index >= 15 is 0 Å². The Kier molecular flexibility index (Phi) is 5.21. The first-order valence-corrected chi connectivity index (χ1v) is 7.23.